The van der Waals surface area contributed by atoms with Crippen LogP contribution in [0.15, 0.2) is 45.0 Å². The minimum absolute atomic E-state index is 0.0236. The maximum Gasteiger partial charge on any atom is 0.333 e. The minimum Gasteiger partial charge on any atom is -0.494 e. The Kier molecular flexibility index (Phi) is 4.45. The van der Waals surface area contributed by atoms with Crippen molar-refractivity contribution in [2.75, 3.05) is 5.43 Å². The van der Waals surface area contributed by atoms with Crippen molar-refractivity contribution in [1.29, 1.82) is 0 Å². The molecule has 0 aliphatic heterocycles. The van der Waals surface area contributed by atoms with Gasteiger partial charge in [0.25, 0.3) is 5.56 Å². The number of anilines is 1. The molecule has 1 aromatic heterocycles. The van der Waals surface area contributed by atoms with Crippen LogP contribution in [0.5, 0.6) is 5.88 Å². The highest BCUT2D eigenvalue weighted by atomic mass is 16.3. The van der Waals surface area contributed by atoms with Gasteiger partial charge in [-0.05, 0) is 18.6 Å². The summed E-state index contributed by atoms with van der Waals surface area (Å²) in [4.78, 5) is 24.0. The van der Waals surface area contributed by atoms with E-state index in [1.807, 2.05) is 37.3 Å². The largest absolute Gasteiger partial charge is 0.494 e. The molecule has 0 saturated carbocycles. The summed E-state index contributed by atoms with van der Waals surface area (Å²) in [6.07, 6.45) is 0.417. The Labute approximate surface area is 127 Å². The summed E-state index contributed by atoms with van der Waals surface area (Å²) in [5.74, 6) is -0.386. The summed E-state index contributed by atoms with van der Waals surface area (Å²) in [5.41, 5.74) is 2.84. The van der Waals surface area contributed by atoms with E-state index >= 15 is 0 Å². The fourth-order valence-electron chi connectivity index (χ4n) is 2.04. The van der Waals surface area contributed by atoms with Gasteiger partial charge >= 0.3 is 5.69 Å². The Balaban J connectivity index is 2.53. The third kappa shape index (κ3) is 2.78. The first-order chi connectivity index (χ1) is 10.5. The van der Waals surface area contributed by atoms with Gasteiger partial charge < -0.3 is 5.11 Å². The van der Waals surface area contributed by atoms with E-state index in [2.05, 4.69) is 10.5 Å². The number of hydrogen-bond acceptors (Lipinski definition) is 5. The minimum atomic E-state index is -0.585. The zero-order chi connectivity index (χ0) is 16.3. The molecule has 7 nitrogen and oxygen atoms in total. The molecule has 0 fully saturated rings. The van der Waals surface area contributed by atoms with E-state index < -0.39 is 11.2 Å². The third-order valence-corrected chi connectivity index (χ3v) is 3.35. The van der Waals surface area contributed by atoms with Gasteiger partial charge in [0.2, 0.25) is 5.88 Å². The molecule has 22 heavy (non-hydrogen) atoms. The molecule has 0 bridgehead atoms. The summed E-state index contributed by atoms with van der Waals surface area (Å²) in [6.45, 7) is 1.81. The van der Waals surface area contributed by atoms with E-state index in [1.54, 1.807) is 0 Å². The van der Waals surface area contributed by atoms with Crippen LogP contribution >= 0.6 is 0 Å². The lowest BCUT2D eigenvalue weighted by atomic mass is 10.1. The van der Waals surface area contributed by atoms with Gasteiger partial charge in [-0.25, -0.2) is 4.79 Å². The van der Waals surface area contributed by atoms with Crippen molar-refractivity contribution in [2.24, 2.45) is 19.2 Å². The first kappa shape index (κ1) is 15.6. The Bertz CT molecular complexity index is 819. The summed E-state index contributed by atoms with van der Waals surface area (Å²) < 4.78 is 1.97. The van der Waals surface area contributed by atoms with Gasteiger partial charge in [-0.15, -0.1) is 0 Å². The first-order valence-electron chi connectivity index (χ1n) is 6.84. The normalized spacial score (nSPS) is 11.5. The van der Waals surface area contributed by atoms with Crippen molar-refractivity contribution in [1.82, 2.24) is 9.13 Å². The lowest BCUT2D eigenvalue weighted by Crippen LogP contribution is -2.40. The third-order valence-electron chi connectivity index (χ3n) is 3.35. The number of hydrazone groups is 1. The van der Waals surface area contributed by atoms with E-state index in [1.165, 1.54) is 14.1 Å². The first-order valence-corrected chi connectivity index (χ1v) is 6.84. The van der Waals surface area contributed by atoms with Crippen molar-refractivity contribution >= 4 is 11.4 Å². The monoisotopic (exact) mass is 302 g/mol. The van der Waals surface area contributed by atoms with Crippen LogP contribution in [0.1, 0.15) is 18.9 Å². The lowest BCUT2D eigenvalue weighted by molar-refractivity contribution is 0.410. The smallest absolute Gasteiger partial charge is 0.333 e. The highest BCUT2D eigenvalue weighted by molar-refractivity contribution is 6.02. The maximum absolute atomic E-state index is 12.3. The van der Waals surface area contributed by atoms with Gasteiger partial charge in [-0.1, -0.05) is 25.1 Å². The molecule has 2 rings (SSSR count). The number of aromatic hydroxyl groups is 1. The quantitative estimate of drug-likeness (QED) is 0.652. The van der Waals surface area contributed by atoms with Crippen molar-refractivity contribution in [3.8, 4) is 5.88 Å². The molecule has 0 amide bonds. The SMILES string of the molecule is CC/C(=N\Nc1ccccc1)c1c(O)n(C)c(=O)n(C)c1=O. The van der Waals surface area contributed by atoms with Crippen LogP contribution in [0.3, 0.4) is 0 Å². The average molecular weight is 302 g/mol. The number of nitrogens with zero attached hydrogens (tertiary/aromatic N) is 3. The standard InChI is InChI=1S/C15H18N4O3/c1-4-11(17-16-10-8-6-5-7-9-10)12-13(20)18(2)15(22)19(3)14(12)21/h5-9,16,20H,4H2,1-3H3/b17-11+. The van der Waals surface area contributed by atoms with Gasteiger partial charge in [0.1, 0.15) is 5.56 Å². The van der Waals surface area contributed by atoms with Gasteiger partial charge in [-0.3, -0.25) is 19.4 Å². The van der Waals surface area contributed by atoms with Crippen molar-refractivity contribution < 1.29 is 5.11 Å². The van der Waals surface area contributed by atoms with Gasteiger partial charge in [0.15, 0.2) is 0 Å². The summed E-state index contributed by atoms with van der Waals surface area (Å²) in [7, 11) is 2.77. The number of hydrogen-bond donors (Lipinski definition) is 2. The zero-order valence-electron chi connectivity index (χ0n) is 12.7. The van der Waals surface area contributed by atoms with E-state index in [0.29, 0.717) is 12.1 Å². The summed E-state index contributed by atoms with van der Waals surface area (Å²) in [6, 6.07) is 9.24. The van der Waals surface area contributed by atoms with Gasteiger partial charge in [0.05, 0.1) is 11.4 Å². The van der Waals surface area contributed by atoms with E-state index in [0.717, 1.165) is 14.8 Å². The van der Waals surface area contributed by atoms with Crippen LogP contribution in [0.25, 0.3) is 0 Å². The molecule has 0 aliphatic carbocycles. The van der Waals surface area contributed by atoms with Gasteiger partial charge in [0, 0.05) is 14.1 Å². The molecule has 0 atom stereocenters. The van der Waals surface area contributed by atoms with E-state index in [4.69, 9.17) is 0 Å². The highest BCUT2D eigenvalue weighted by Crippen LogP contribution is 2.13. The predicted molar refractivity (Wildman–Crippen MR) is 85.5 cm³/mol. The molecule has 2 aromatic rings. The number of nitrogens with one attached hydrogen (secondary N) is 1. The average Bonchev–Trinajstić information content (AvgIpc) is 2.55. The Morgan fingerprint density at radius 2 is 1.82 bits per heavy atom. The van der Waals surface area contributed by atoms with Crippen LogP contribution in [-0.2, 0) is 14.1 Å². The molecular weight excluding hydrogens is 284 g/mol. The van der Waals surface area contributed by atoms with Crippen LogP contribution in [-0.4, -0.2) is 20.0 Å². The molecule has 0 aliphatic rings. The van der Waals surface area contributed by atoms with Gasteiger partial charge in [-0.2, -0.15) is 5.10 Å². The van der Waals surface area contributed by atoms with Crippen molar-refractivity contribution in [2.45, 2.75) is 13.3 Å². The lowest BCUT2D eigenvalue weighted by Gasteiger charge is -2.11. The molecular formula is C15H18N4O3. The van der Waals surface area contributed by atoms with Crippen molar-refractivity contribution in [3.05, 3.63) is 56.7 Å². The second-order valence-corrected chi connectivity index (χ2v) is 4.79. The number of benzene rings is 1. The molecule has 1 heterocycles. The molecule has 116 valence electrons. The number of para-hydroxylation sites is 1. The van der Waals surface area contributed by atoms with E-state index in [9.17, 15) is 14.7 Å². The fraction of sp³-hybridized carbons (Fsp3) is 0.267. The number of aromatic nitrogens is 2. The van der Waals surface area contributed by atoms with Crippen LogP contribution < -0.4 is 16.7 Å². The van der Waals surface area contributed by atoms with Crippen LogP contribution in [0, 0.1) is 0 Å². The van der Waals surface area contributed by atoms with Crippen LogP contribution in [0.4, 0.5) is 5.69 Å². The summed E-state index contributed by atoms with van der Waals surface area (Å²) >= 11 is 0. The second-order valence-electron chi connectivity index (χ2n) is 4.79. The summed E-state index contributed by atoms with van der Waals surface area (Å²) in [5, 5.41) is 14.3. The molecule has 2 N–H and O–H groups in total. The Morgan fingerprint density at radius 3 is 2.41 bits per heavy atom. The molecule has 0 unspecified atom stereocenters. The zero-order valence-corrected chi connectivity index (χ0v) is 12.7. The fourth-order valence-corrected chi connectivity index (χ4v) is 2.04. The molecule has 0 radical (unpaired) electrons. The van der Waals surface area contributed by atoms with E-state index in [-0.39, 0.29) is 11.4 Å². The Hall–Kier alpha value is -2.83. The molecule has 0 spiro atoms. The highest BCUT2D eigenvalue weighted by Gasteiger charge is 2.19. The molecule has 0 saturated heterocycles. The number of rotatable bonds is 4. The molecule has 1 aromatic carbocycles. The maximum atomic E-state index is 12.3. The molecule has 7 heteroatoms. The predicted octanol–water partition coefficient (Wildman–Crippen LogP) is 1.02. The second kappa shape index (κ2) is 6.30. The van der Waals surface area contributed by atoms with Crippen LogP contribution in [0.2, 0.25) is 0 Å². The Morgan fingerprint density at radius 1 is 1.18 bits per heavy atom. The van der Waals surface area contributed by atoms with Crippen molar-refractivity contribution in [3.63, 3.8) is 0 Å². The topological polar surface area (TPSA) is 88.6 Å².